The van der Waals surface area contributed by atoms with Crippen LogP contribution < -0.4 is 4.90 Å². The maximum Gasteiger partial charge on any atom is 0.334 e. The maximum absolute atomic E-state index is 12.4. The summed E-state index contributed by atoms with van der Waals surface area (Å²) < 4.78 is 5.05. The number of carbonyl (C=O) groups excluding carboxylic acids is 2. The fourth-order valence-electron chi connectivity index (χ4n) is 1.75. The number of ether oxygens (including phenoxy) is 1. The summed E-state index contributed by atoms with van der Waals surface area (Å²) in [4.78, 5) is 25.2. The molecule has 1 N–H and O–H groups in total. The fraction of sp³-hybridized carbons (Fsp3) is 0.133. The van der Waals surface area contributed by atoms with Crippen LogP contribution in [0.25, 0.3) is 0 Å². The molecule has 0 bridgehead atoms. The predicted molar refractivity (Wildman–Crippen MR) is 89.5 cm³/mol. The summed E-state index contributed by atoms with van der Waals surface area (Å²) in [5.74, 6) is -1.37. The molecule has 2 rings (SSSR count). The first kappa shape index (κ1) is 16.3. The van der Waals surface area contributed by atoms with Crippen LogP contribution in [-0.2, 0) is 14.3 Å². The lowest BCUT2D eigenvalue weighted by Gasteiger charge is -2.13. The average molecular weight is 335 g/mol. The molecule has 1 aliphatic rings. The molecular formula is C15H13NO4S2. The third-order valence-electron chi connectivity index (χ3n) is 2.64. The van der Waals surface area contributed by atoms with Gasteiger partial charge in [0, 0.05) is 0 Å². The zero-order valence-electron chi connectivity index (χ0n) is 11.7. The molecule has 1 aliphatic heterocycles. The molecule has 7 heteroatoms. The molecule has 1 fully saturated rings. The van der Waals surface area contributed by atoms with Crippen molar-refractivity contribution >= 4 is 45.9 Å². The van der Waals surface area contributed by atoms with Crippen molar-refractivity contribution in [3.63, 3.8) is 0 Å². The van der Waals surface area contributed by atoms with Gasteiger partial charge in [-0.3, -0.25) is 9.69 Å². The monoisotopic (exact) mass is 335 g/mol. The lowest BCUT2D eigenvalue weighted by atomic mass is 10.3. The Morgan fingerprint density at radius 3 is 2.73 bits per heavy atom. The van der Waals surface area contributed by atoms with Gasteiger partial charge in [-0.25, -0.2) is 4.79 Å². The number of benzene rings is 1. The Balaban J connectivity index is 2.21. The highest BCUT2D eigenvalue weighted by atomic mass is 32.2. The maximum atomic E-state index is 12.4. The van der Waals surface area contributed by atoms with Crippen molar-refractivity contribution in [2.24, 2.45) is 0 Å². The largest absolute Gasteiger partial charge is 0.508 e. The van der Waals surface area contributed by atoms with Gasteiger partial charge in [-0.15, -0.1) is 0 Å². The highest BCUT2D eigenvalue weighted by Crippen LogP contribution is 2.35. The summed E-state index contributed by atoms with van der Waals surface area (Å²) >= 11 is 6.25. The van der Waals surface area contributed by atoms with E-state index < -0.39 is 5.97 Å². The van der Waals surface area contributed by atoms with Crippen LogP contribution in [0.4, 0.5) is 5.69 Å². The van der Waals surface area contributed by atoms with Crippen molar-refractivity contribution in [3.8, 4) is 0 Å². The number of thiocarbonyl (C=S) groups is 1. The summed E-state index contributed by atoms with van der Waals surface area (Å²) in [6.07, 6.45) is 2.12. The van der Waals surface area contributed by atoms with E-state index in [0.717, 1.165) is 17.8 Å². The zero-order valence-corrected chi connectivity index (χ0v) is 13.3. The number of rotatable bonds is 4. The van der Waals surface area contributed by atoms with Gasteiger partial charge >= 0.3 is 5.97 Å². The highest BCUT2D eigenvalue weighted by Gasteiger charge is 2.33. The van der Waals surface area contributed by atoms with Crippen molar-refractivity contribution in [3.05, 3.63) is 53.1 Å². The highest BCUT2D eigenvalue weighted by molar-refractivity contribution is 8.27. The lowest BCUT2D eigenvalue weighted by Crippen LogP contribution is -2.27. The Bertz CT molecular complexity index is 667. The van der Waals surface area contributed by atoms with Crippen LogP contribution in [0, 0.1) is 0 Å². The van der Waals surface area contributed by atoms with Gasteiger partial charge in [0.25, 0.3) is 5.91 Å². The number of aliphatic hydroxyl groups is 1. The molecule has 22 heavy (non-hydrogen) atoms. The second kappa shape index (κ2) is 7.24. The first-order valence-electron chi connectivity index (χ1n) is 6.43. The van der Waals surface area contributed by atoms with E-state index in [4.69, 9.17) is 12.2 Å². The molecule has 1 aromatic carbocycles. The molecule has 1 heterocycles. The number of hydrogen-bond donors (Lipinski definition) is 1. The van der Waals surface area contributed by atoms with Gasteiger partial charge in [0.05, 0.1) is 23.3 Å². The van der Waals surface area contributed by atoms with Crippen molar-refractivity contribution in [2.75, 3.05) is 11.5 Å². The van der Waals surface area contributed by atoms with E-state index in [9.17, 15) is 14.7 Å². The Morgan fingerprint density at radius 2 is 2.09 bits per heavy atom. The molecule has 0 aliphatic carbocycles. The minimum absolute atomic E-state index is 0.207. The quantitative estimate of drug-likeness (QED) is 0.395. The number of anilines is 1. The molecule has 1 saturated heterocycles. The summed E-state index contributed by atoms with van der Waals surface area (Å²) in [6.45, 7) is 1.87. The molecule has 0 radical (unpaired) electrons. The van der Waals surface area contributed by atoms with Crippen molar-refractivity contribution in [1.82, 2.24) is 0 Å². The first-order chi connectivity index (χ1) is 10.5. The molecule has 1 aromatic rings. The number of esters is 1. The molecule has 0 saturated carbocycles. The summed E-state index contributed by atoms with van der Waals surface area (Å²) in [5, 5.41) is 9.72. The van der Waals surface area contributed by atoms with E-state index in [1.807, 2.05) is 6.07 Å². The Labute approximate surface area is 137 Å². The van der Waals surface area contributed by atoms with Gasteiger partial charge in [0.15, 0.2) is 4.32 Å². The van der Waals surface area contributed by atoms with E-state index >= 15 is 0 Å². The van der Waals surface area contributed by atoms with Gasteiger partial charge in [-0.2, -0.15) is 0 Å². The Morgan fingerprint density at radius 1 is 1.41 bits per heavy atom. The average Bonchev–Trinajstić information content (AvgIpc) is 2.74. The third-order valence-corrected chi connectivity index (χ3v) is 3.94. The minimum Gasteiger partial charge on any atom is -0.508 e. The first-order valence-corrected chi connectivity index (χ1v) is 7.66. The number of nitrogens with zero attached hydrogens (tertiary/aromatic N) is 1. The molecule has 0 aromatic heterocycles. The summed E-state index contributed by atoms with van der Waals surface area (Å²) in [5.41, 5.74) is 0.655. The van der Waals surface area contributed by atoms with Crippen molar-refractivity contribution < 1.29 is 19.4 Å². The normalized spacial score (nSPS) is 17.2. The van der Waals surface area contributed by atoms with Gasteiger partial charge in [-0.05, 0) is 25.1 Å². The number of hydrogen-bond acceptors (Lipinski definition) is 6. The van der Waals surface area contributed by atoms with E-state index in [1.54, 1.807) is 31.2 Å². The molecule has 1 amide bonds. The van der Waals surface area contributed by atoms with Crippen LogP contribution in [0.1, 0.15) is 6.92 Å². The summed E-state index contributed by atoms with van der Waals surface area (Å²) in [6, 6.07) is 8.97. The molecular weight excluding hydrogens is 322 g/mol. The number of aliphatic hydroxyl groups excluding tert-OH is 1. The number of amides is 1. The minimum atomic E-state index is -0.671. The Hall–Kier alpha value is -2.12. The smallest absolute Gasteiger partial charge is 0.334 e. The number of para-hydroxylation sites is 1. The molecule has 0 unspecified atom stereocenters. The van der Waals surface area contributed by atoms with Crippen molar-refractivity contribution in [2.45, 2.75) is 6.92 Å². The topological polar surface area (TPSA) is 66.8 Å². The van der Waals surface area contributed by atoms with Gasteiger partial charge in [0.2, 0.25) is 0 Å². The SMILES string of the molecule is CCOC(=O)/C=C(O)/C=C1/SC(=S)N(c2ccccc2)C1=O. The zero-order chi connectivity index (χ0) is 16.1. The van der Waals surface area contributed by atoms with E-state index in [0.29, 0.717) is 10.0 Å². The van der Waals surface area contributed by atoms with Crippen LogP contribution in [0.2, 0.25) is 0 Å². The standard InChI is InChI=1S/C15H13NO4S2/c1-2-20-13(18)9-11(17)8-12-14(19)16(15(21)22-12)10-6-4-3-5-7-10/h3-9,17H,2H2,1H3/b11-9-,12-8+. The van der Waals surface area contributed by atoms with Crippen LogP contribution in [0.3, 0.4) is 0 Å². The van der Waals surface area contributed by atoms with E-state index in [2.05, 4.69) is 4.74 Å². The summed E-state index contributed by atoms with van der Waals surface area (Å²) in [7, 11) is 0. The fourth-order valence-corrected chi connectivity index (χ4v) is 3.03. The predicted octanol–water partition coefficient (Wildman–Crippen LogP) is 2.94. The Kier molecular flexibility index (Phi) is 5.35. The van der Waals surface area contributed by atoms with Crippen LogP contribution in [-0.4, -0.2) is 27.9 Å². The van der Waals surface area contributed by atoms with Crippen molar-refractivity contribution in [1.29, 1.82) is 0 Å². The molecule has 5 nitrogen and oxygen atoms in total. The van der Waals surface area contributed by atoms with Crippen LogP contribution >= 0.6 is 24.0 Å². The molecule has 0 atom stereocenters. The molecule has 114 valence electrons. The van der Waals surface area contributed by atoms with Crippen LogP contribution in [0.15, 0.2) is 53.1 Å². The van der Waals surface area contributed by atoms with Gasteiger partial charge < -0.3 is 9.84 Å². The van der Waals surface area contributed by atoms with E-state index in [-0.39, 0.29) is 23.2 Å². The third kappa shape index (κ3) is 3.75. The molecule has 0 spiro atoms. The van der Waals surface area contributed by atoms with E-state index in [1.165, 1.54) is 11.0 Å². The number of thioether (sulfide) groups is 1. The van der Waals surface area contributed by atoms with Gasteiger partial charge in [0.1, 0.15) is 5.76 Å². The number of allylic oxidation sites excluding steroid dienone is 1. The lowest BCUT2D eigenvalue weighted by molar-refractivity contribution is -0.137. The second-order valence-corrected chi connectivity index (χ2v) is 5.85. The van der Waals surface area contributed by atoms with Crippen LogP contribution in [0.5, 0.6) is 0 Å². The number of carbonyl (C=O) groups is 2. The second-order valence-electron chi connectivity index (χ2n) is 4.17. The van der Waals surface area contributed by atoms with Gasteiger partial charge in [-0.1, -0.05) is 42.2 Å².